The van der Waals surface area contributed by atoms with Crippen molar-refractivity contribution in [1.82, 2.24) is 5.32 Å². The second-order valence-corrected chi connectivity index (χ2v) is 2.98. The summed E-state index contributed by atoms with van der Waals surface area (Å²) in [6.45, 7) is 3.44. The average Bonchev–Trinajstić information content (AvgIpc) is 1.77. The summed E-state index contributed by atoms with van der Waals surface area (Å²) in [5.41, 5.74) is 5.36. The number of nitrogens with two attached hydrogens (primary N) is 1. The summed E-state index contributed by atoms with van der Waals surface area (Å²) in [6.07, 6.45) is 0.472. The molecule has 1 heterocycles. The lowest BCUT2D eigenvalue weighted by molar-refractivity contribution is 0.0689. The van der Waals surface area contributed by atoms with Crippen molar-refractivity contribution in [2.75, 3.05) is 13.1 Å². The fourth-order valence-corrected chi connectivity index (χ4v) is 0.996. The quantitative estimate of drug-likeness (QED) is 0.396. The highest BCUT2D eigenvalue weighted by Gasteiger charge is 2.30. The van der Waals surface area contributed by atoms with Crippen LogP contribution in [0.2, 0.25) is 0 Å². The van der Waals surface area contributed by atoms with Crippen molar-refractivity contribution < 1.29 is 5.11 Å². The molecular weight excluding hydrogens is 116 g/mol. The predicted molar refractivity (Wildman–Crippen MR) is 36.1 cm³/mol. The van der Waals surface area contributed by atoms with Crippen molar-refractivity contribution in [2.45, 2.75) is 25.0 Å². The minimum Gasteiger partial charge on any atom is -0.390 e. The van der Waals surface area contributed by atoms with Gasteiger partial charge in [0.1, 0.15) is 0 Å². The molecule has 0 unspecified atom stereocenters. The fraction of sp³-hybridized carbons (Fsp3) is 1.00. The SMILES string of the molecule is C[C@@]1(N)CCNC[C@@H]1O. The Morgan fingerprint density at radius 1 is 1.78 bits per heavy atom. The minimum atomic E-state index is -0.383. The van der Waals surface area contributed by atoms with Gasteiger partial charge in [0, 0.05) is 12.1 Å². The Balaban J connectivity index is 2.49. The third-order valence-corrected chi connectivity index (χ3v) is 1.94. The van der Waals surface area contributed by atoms with Crippen LogP contribution < -0.4 is 11.1 Å². The second kappa shape index (κ2) is 2.25. The minimum absolute atomic E-state index is 0.370. The van der Waals surface area contributed by atoms with E-state index in [-0.39, 0.29) is 11.6 Å². The number of hydrogen-bond acceptors (Lipinski definition) is 3. The van der Waals surface area contributed by atoms with E-state index in [2.05, 4.69) is 5.32 Å². The lowest BCUT2D eigenvalue weighted by Crippen LogP contribution is -2.57. The van der Waals surface area contributed by atoms with Crippen LogP contribution in [0.5, 0.6) is 0 Å². The molecule has 0 aromatic heterocycles. The second-order valence-electron chi connectivity index (χ2n) is 2.98. The van der Waals surface area contributed by atoms with Crippen molar-refractivity contribution in [3.05, 3.63) is 0 Å². The van der Waals surface area contributed by atoms with E-state index in [4.69, 9.17) is 5.73 Å². The molecule has 3 heteroatoms. The van der Waals surface area contributed by atoms with Gasteiger partial charge in [0.15, 0.2) is 0 Å². The van der Waals surface area contributed by atoms with E-state index in [9.17, 15) is 5.11 Å². The number of rotatable bonds is 0. The van der Waals surface area contributed by atoms with Crippen molar-refractivity contribution in [3.63, 3.8) is 0 Å². The smallest absolute Gasteiger partial charge is 0.0841 e. The molecule has 0 aromatic carbocycles. The van der Waals surface area contributed by atoms with Gasteiger partial charge in [0.05, 0.1) is 6.10 Å². The molecule has 0 aromatic rings. The molecule has 0 saturated carbocycles. The highest BCUT2D eigenvalue weighted by molar-refractivity contribution is 4.92. The predicted octanol–water partition coefficient (Wildman–Crippen LogP) is -0.942. The molecular formula is C6H14N2O. The molecule has 0 aliphatic carbocycles. The molecule has 1 aliphatic rings. The Bertz CT molecular complexity index is 103. The van der Waals surface area contributed by atoms with Gasteiger partial charge in [0.2, 0.25) is 0 Å². The van der Waals surface area contributed by atoms with Crippen LogP contribution in [0.1, 0.15) is 13.3 Å². The number of piperidine rings is 1. The summed E-state index contributed by atoms with van der Waals surface area (Å²) in [7, 11) is 0. The molecule has 1 saturated heterocycles. The first kappa shape index (κ1) is 6.99. The normalized spacial score (nSPS) is 45.0. The first-order valence-electron chi connectivity index (χ1n) is 3.30. The molecule has 0 radical (unpaired) electrons. The van der Waals surface area contributed by atoms with Gasteiger partial charge < -0.3 is 16.2 Å². The van der Waals surface area contributed by atoms with Crippen LogP contribution in [0.25, 0.3) is 0 Å². The number of aliphatic hydroxyl groups is 1. The molecule has 1 aliphatic heterocycles. The van der Waals surface area contributed by atoms with Crippen LogP contribution in [-0.2, 0) is 0 Å². The van der Waals surface area contributed by atoms with E-state index in [1.807, 2.05) is 6.92 Å². The average molecular weight is 130 g/mol. The van der Waals surface area contributed by atoms with Gasteiger partial charge in [0.25, 0.3) is 0 Å². The van der Waals surface area contributed by atoms with E-state index in [1.54, 1.807) is 0 Å². The monoisotopic (exact) mass is 130 g/mol. The zero-order valence-corrected chi connectivity index (χ0v) is 5.72. The molecule has 9 heavy (non-hydrogen) atoms. The first-order chi connectivity index (χ1) is 4.13. The van der Waals surface area contributed by atoms with Crippen molar-refractivity contribution in [1.29, 1.82) is 0 Å². The zero-order chi connectivity index (χ0) is 6.91. The summed E-state index contributed by atoms with van der Waals surface area (Å²) in [4.78, 5) is 0. The molecule has 4 N–H and O–H groups in total. The van der Waals surface area contributed by atoms with Gasteiger partial charge in [-0.2, -0.15) is 0 Å². The lowest BCUT2D eigenvalue weighted by atomic mass is 9.89. The van der Waals surface area contributed by atoms with Crippen LogP contribution in [0, 0.1) is 0 Å². The highest BCUT2D eigenvalue weighted by atomic mass is 16.3. The molecule has 3 nitrogen and oxygen atoms in total. The van der Waals surface area contributed by atoms with Gasteiger partial charge in [-0.25, -0.2) is 0 Å². The van der Waals surface area contributed by atoms with Gasteiger partial charge >= 0.3 is 0 Å². The maximum atomic E-state index is 9.25. The van der Waals surface area contributed by atoms with Crippen molar-refractivity contribution in [2.24, 2.45) is 5.73 Å². The fourth-order valence-electron chi connectivity index (χ4n) is 0.996. The topological polar surface area (TPSA) is 58.3 Å². The highest BCUT2D eigenvalue weighted by Crippen LogP contribution is 2.13. The van der Waals surface area contributed by atoms with Crippen molar-refractivity contribution >= 4 is 0 Å². The largest absolute Gasteiger partial charge is 0.390 e. The molecule has 0 amide bonds. The summed E-state index contributed by atoms with van der Waals surface area (Å²) >= 11 is 0. The maximum absolute atomic E-state index is 9.25. The van der Waals surface area contributed by atoms with Crippen LogP contribution in [0.3, 0.4) is 0 Å². The number of hydrogen-bond donors (Lipinski definition) is 3. The molecule has 1 rings (SSSR count). The van der Waals surface area contributed by atoms with E-state index >= 15 is 0 Å². The van der Waals surface area contributed by atoms with Gasteiger partial charge in [-0.05, 0) is 19.9 Å². The molecule has 2 atom stereocenters. The lowest BCUT2D eigenvalue weighted by Gasteiger charge is -2.35. The van der Waals surface area contributed by atoms with Crippen LogP contribution in [0.4, 0.5) is 0 Å². The number of nitrogens with one attached hydrogen (secondary N) is 1. The van der Waals surface area contributed by atoms with Crippen molar-refractivity contribution in [3.8, 4) is 0 Å². The summed E-state index contributed by atoms with van der Waals surface area (Å²) in [5, 5.41) is 12.3. The Morgan fingerprint density at radius 3 is 2.78 bits per heavy atom. The maximum Gasteiger partial charge on any atom is 0.0841 e. The third-order valence-electron chi connectivity index (χ3n) is 1.94. The Morgan fingerprint density at radius 2 is 2.44 bits per heavy atom. The summed E-state index contributed by atoms with van der Waals surface area (Å²) < 4.78 is 0. The van der Waals surface area contributed by atoms with Gasteiger partial charge in [-0.1, -0.05) is 0 Å². The van der Waals surface area contributed by atoms with Gasteiger partial charge in [-0.15, -0.1) is 0 Å². The first-order valence-corrected chi connectivity index (χ1v) is 3.30. The third kappa shape index (κ3) is 1.41. The number of β-amino-alcohol motifs (C(OH)–C–C–N with tert-alkyl or cyclic N) is 1. The zero-order valence-electron chi connectivity index (χ0n) is 5.72. The van der Waals surface area contributed by atoms with E-state index < -0.39 is 0 Å². The molecule has 0 spiro atoms. The number of aliphatic hydroxyl groups excluding tert-OH is 1. The summed E-state index contributed by atoms with van der Waals surface area (Å²) in [5.74, 6) is 0. The van der Waals surface area contributed by atoms with Crippen LogP contribution >= 0.6 is 0 Å². The molecule has 1 fully saturated rings. The Labute approximate surface area is 55.2 Å². The van der Waals surface area contributed by atoms with E-state index in [0.717, 1.165) is 13.0 Å². The van der Waals surface area contributed by atoms with E-state index in [1.165, 1.54) is 0 Å². The summed E-state index contributed by atoms with van der Waals surface area (Å²) in [6, 6.07) is 0. The van der Waals surface area contributed by atoms with E-state index in [0.29, 0.717) is 6.54 Å². The van der Waals surface area contributed by atoms with Crippen LogP contribution in [-0.4, -0.2) is 29.8 Å². The Hall–Kier alpha value is -0.120. The van der Waals surface area contributed by atoms with Gasteiger partial charge in [-0.3, -0.25) is 0 Å². The van der Waals surface area contributed by atoms with Crippen LogP contribution in [0.15, 0.2) is 0 Å². The standard InChI is InChI=1S/C6H14N2O/c1-6(7)2-3-8-4-5(6)9/h5,8-9H,2-4,7H2,1H3/t5-,6+/m0/s1. The molecule has 0 bridgehead atoms. The molecule has 54 valence electrons. The Kier molecular flexibility index (Phi) is 1.75.